The van der Waals surface area contributed by atoms with Crippen molar-refractivity contribution in [1.29, 1.82) is 0 Å². The molecule has 2 aromatic carbocycles. The zero-order valence-electron chi connectivity index (χ0n) is 15.1. The Morgan fingerprint density at radius 1 is 1.03 bits per heavy atom. The van der Waals surface area contributed by atoms with Crippen molar-refractivity contribution in [3.63, 3.8) is 0 Å². The predicted molar refractivity (Wildman–Crippen MR) is 105 cm³/mol. The average Bonchev–Trinajstić information content (AvgIpc) is 3.20. The number of nitrogens with one attached hydrogen (secondary N) is 2. The summed E-state index contributed by atoms with van der Waals surface area (Å²) in [5, 5.41) is 10.8. The lowest BCUT2D eigenvalue weighted by molar-refractivity contribution is -0.385. The molecule has 10 nitrogen and oxygen atoms in total. The number of anilines is 1. The van der Waals surface area contributed by atoms with Crippen molar-refractivity contribution in [3.05, 3.63) is 58.6 Å². The van der Waals surface area contributed by atoms with Gasteiger partial charge in [-0.25, -0.2) is 21.6 Å². The SMILES string of the molecule is O=[N+]([O-])c1cccc(S(=O)(=O)Nc2ccc(S(=O)(=O)NC[C@@H]3CCCO3)cc2)c1. The van der Waals surface area contributed by atoms with Crippen molar-refractivity contribution in [3.8, 4) is 0 Å². The third-order valence-corrected chi connectivity index (χ3v) is 7.10. The number of nitrogens with zero attached hydrogens (tertiary/aromatic N) is 1. The Hall–Kier alpha value is -2.54. The number of non-ortho nitro benzene ring substituents is 1. The molecular weight excluding hydrogens is 422 g/mol. The van der Waals surface area contributed by atoms with E-state index in [4.69, 9.17) is 4.74 Å². The van der Waals surface area contributed by atoms with Gasteiger partial charge in [-0.2, -0.15) is 0 Å². The van der Waals surface area contributed by atoms with E-state index < -0.39 is 25.0 Å². The van der Waals surface area contributed by atoms with E-state index in [0.29, 0.717) is 6.61 Å². The van der Waals surface area contributed by atoms with Crippen LogP contribution in [0.1, 0.15) is 12.8 Å². The van der Waals surface area contributed by atoms with Crippen LogP contribution >= 0.6 is 0 Å². The molecule has 0 aromatic heterocycles. The van der Waals surface area contributed by atoms with E-state index in [2.05, 4.69) is 9.44 Å². The Kier molecular flexibility index (Phi) is 6.17. The molecule has 2 aromatic rings. The summed E-state index contributed by atoms with van der Waals surface area (Å²) in [7, 11) is -7.83. The van der Waals surface area contributed by atoms with Crippen LogP contribution in [0.3, 0.4) is 0 Å². The van der Waals surface area contributed by atoms with Crippen LogP contribution < -0.4 is 9.44 Å². The first kappa shape index (κ1) is 21.2. The number of rotatable bonds is 8. The molecule has 0 saturated carbocycles. The summed E-state index contributed by atoms with van der Waals surface area (Å²) in [6.45, 7) is 0.787. The highest BCUT2D eigenvalue weighted by atomic mass is 32.2. The molecular formula is C17H19N3O7S2. The second-order valence-electron chi connectivity index (χ2n) is 6.37. The average molecular weight is 441 g/mol. The molecule has 12 heteroatoms. The second-order valence-corrected chi connectivity index (χ2v) is 9.82. The smallest absolute Gasteiger partial charge is 0.270 e. The first-order valence-corrected chi connectivity index (χ1v) is 11.6. The predicted octanol–water partition coefficient (Wildman–Crippen LogP) is 1.85. The third kappa shape index (κ3) is 5.29. The molecule has 1 fully saturated rings. The van der Waals surface area contributed by atoms with Gasteiger partial charge in [-0.05, 0) is 43.2 Å². The van der Waals surface area contributed by atoms with Crippen LogP contribution in [0.2, 0.25) is 0 Å². The minimum atomic E-state index is -4.08. The van der Waals surface area contributed by atoms with Gasteiger partial charge in [-0.3, -0.25) is 14.8 Å². The summed E-state index contributed by atoms with van der Waals surface area (Å²) in [6, 6.07) is 9.75. The highest BCUT2D eigenvalue weighted by molar-refractivity contribution is 7.92. The van der Waals surface area contributed by atoms with Crippen molar-refractivity contribution >= 4 is 31.4 Å². The van der Waals surface area contributed by atoms with Crippen molar-refractivity contribution in [1.82, 2.24) is 4.72 Å². The van der Waals surface area contributed by atoms with Gasteiger partial charge < -0.3 is 4.74 Å². The summed E-state index contributed by atoms with van der Waals surface area (Å²) in [5.41, 5.74) is -0.235. The molecule has 0 radical (unpaired) electrons. The van der Waals surface area contributed by atoms with Gasteiger partial charge in [-0.15, -0.1) is 0 Å². The van der Waals surface area contributed by atoms with Crippen molar-refractivity contribution in [2.24, 2.45) is 0 Å². The number of nitro benzene ring substituents is 1. The van der Waals surface area contributed by atoms with Gasteiger partial charge in [0.15, 0.2) is 0 Å². The van der Waals surface area contributed by atoms with E-state index >= 15 is 0 Å². The van der Waals surface area contributed by atoms with E-state index in [1.54, 1.807) is 0 Å². The fourth-order valence-electron chi connectivity index (χ4n) is 2.77. The quantitative estimate of drug-likeness (QED) is 0.470. The Bertz CT molecular complexity index is 1090. The maximum Gasteiger partial charge on any atom is 0.270 e. The summed E-state index contributed by atoms with van der Waals surface area (Å²) >= 11 is 0. The number of hydrogen-bond donors (Lipinski definition) is 2. The highest BCUT2D eigenvalue weighted by Crippen LogP contribution is 2.22. The van der Waals surface area contributed by atoms with Crippen molar-refractivity contribution < 1.29 is 26.5 Å². The molecule has 156 valence electrons. The third-order valence-electron chi connectivity index (χ3n) is 4.28. The summed E-state index contributed by atoms with van der Waals surface area (Å²) in [6.07, 6.45) is 1.54. The fraction of sp³-hybridized carbons (Fsp3) is 0.294. The van der Waals surface area contributed by atoms with Gasteiger partial charge in [0.05, 0.1) is 20.8 Å². The van der Waals surface area contributed by atoms with Crippen LogP contribution in [0.5, 0.6) is 0 Å². The van der Waals surface area contributed by atoms with Crippen LogP contribution in [-0.2, 0) is 24.8 Å². The number of hydrogen-bond acceptors (Lipinski definition) is 7. The summed E-state index contributed by atoms with van der Waals surface area (Å²) in [5.74, 6) is 0. The van der Waals surface area contributed by atoms with Gasteiger partial charge in [0, 0.05) is 31.0 Å². The van der Waals surface area contributed by atoms with Gasteiger partial charge in [-0.1, -0.05) is 6.07 Å². The molecule has 0 aliphatic carbocycles. The van der Waals surface area contributed by atoms with E-state index in [-0.39, 0.29) is 33.8 Å². The van der Waals surface area contributed by atoms with Crippen LogP contribution in [0.15, 0.2) is 58.3 Å². The molecule has 2 N–H and O–H groups in total. The Morgan fingerprint density at radius 3 is 2.38 bits per heavy atom. The standard InChI is InChI=1S/C17H19N3O7S2/c21-20(22)14-3-1-5-17(11-14)29(25,26)19-13-6-8-16(9-7-13)28(23,24)18-12-15-4-2-10-27-15/h1,3,5-9,11,15,18-19H,2,4,10,12H2/t15-/m0/s1. The van der Waals surface area contributed by atoms with Gasteiger partial charge in [0.1, 0.15) is 0 Å². The number of benzene rings is 2. The molecule has 0 unspecified atom stereocenters. The topological polar surface area (TPSA) is 145 Å². The van der Waals surface area contributed by atoms with Crippen LogP contribution in [-0.4, -0.2) is 41.0 Å². The van der Waals surface area contributed by atoms with Crippen molar-refractivity contribution in [2.45, 2.75) is 28.7 Å². The maximum absolute atomic E-state index is 12.4. The fourth-order valence-corrected chi connectivity index (χ4v) is 4.94. The lowest BCUT2D eigenvalue weighted by atomic mass is 10.2. The molecule has 1 aliphatic rings. The molecule has 1 aliphatic heterocycles. The van der Waals surface area contributed by atoms with Gasteiger partial charge >= 0.3 is 0 Å². The number of nitro groups is 1. The number of ether oxygens (including phenoxy) is 1. The summed E-state index contributed by atoms with van der Waals surface area (Å²) in [4.78, 5) is 9.84. The molecule has 3 rings (SSSR count). The molecule has 1 saturated heterocycles. The minimum absolute atomic E-state index is 0.0196. The normalized spacial score (nSPS) is 17.2. The maximum atomic E-state index is 12.4. The zero-order valence-corrected chi connectivity index (χ0v) is 16.8. The summed E-state index contributed by atoms with van der Waals surface area (Å²) < 4.78 is 59.7. The van der Waals surface area contributed by atoms with Gasteiger partial charge in [0.25, 0.3) is 15.7 Å². The van der Waals surface area contributed by atoms with E-state index in [1.807, 2.05) is 0 Å². The molecule has 29 heavy (non-hydrogen) atoms. The largest absolute Gasteiger partial charge is 0.377 e. The monoisotopic (exact) mass is 441 g/mol. The number of sulfonamides is 2. The first-order chi connectivity index (χ1) is 13.7. The zero-order chi connectivity index (χ0) is 21.1. The van der Waals surface area contributed by atoms with Gasteiger partial charge in [0.2, 0.25) is 10.0 Å². The molecule has 0 amide bonds. The van der Waals surface area contributed by atoms with E-state index in [0.717, 1.165) is 18.9 Å². The van der Waals surface area contributed by atoms with Crippen molar-refractivity contribution in [2.75, 3.05) is 17.9 Å². The van der Waals surface area contributed by atoms with Crippen LogP contribution in [0.25, 0.3) is 0 Å². The van der Waals surface area contributed by atoms with Crippen LogP contribution in [0.4, 0.5) is 11.4 Å². The van der Waals surface area contributed by atoms with Crippen LogP contribution in [0, 0.1) is 10.1 Å². The highest BCUT2D eigenvalue weighted by Gasteiger charge is 2.21. The Morgan fingerprint density at radius 2 is 1.76 bits per heavy atom. The lowest BCUT2D eigenvalue weighted by Crippen LogP contribution is -2.31. The van der Waals surface area contributed by atoms with E-state index in [9.17, 15) is 26.9 Å². The molecule has 0 spiro atoms. The first-order valence-electron chi connectivity index (χ1n) is 8.66. The molecule has 1 heterocycles. The lowest BCUT2D eigenvalue weighted by Gasteiger charge is -2.12. The Balaban J connectivity index is 1.71. The molecule has 0 bridgehead atoms. The second kappa shape index (κ2) is 8.45. The Labute approximate surface area is 168 Å². The minimum Gasteiger partial charge on any atom is -0.377 e. The molecule has 1 atom stereocenters. The van der Waals surface area contributed by atoms with E-state index in [1.165, 1.54) is 42.5 Å².